The molecule has 0 spiro atoms. The molecule has 0 saturated heterocycles. The van der Waals surface area contributed by atoms with Crippen LogP contribution < -0.4 is 10.5 Å². The second-order valence-corrected chi connectivity index (χ2v) is 5.03. The van der Waals surface area contributed by atoms with E-state index in [1.54, 1.807) is 0 Å². The second kappa shape index (κ2) is 5.52. The molecule has 0 radical (unpaired) electrons. The summed E-state index contributed by atoms with van der Waals surface area (Å²) in [6.45, 7) is 6.95. The van der Waals surface area contributed by atoms with Crippen molar-refractivity contribution in [1.82, 2.24) is 4.90 Å². The Morgan fingerprint density at radius 2 is 2.00 bits per heavy atom. The molecule has 0 fully saturated rings. The maximum Gasteiger partial charge on any atom is 0.119 e. The van der Waals surface area contributed by atoms with E-state index in [9.17, 15) is 0 Å². The topological polar surface area (TPSA) is 38.5 Å². The Bertz CT molecular complexity index is 361. The van der Waals surface area contributed by atoms with Crippen molar-refractivity contribution in [2.75, 3.05) is 20.7 Å². The van der Waals surface area contributed by atoms with Crippen LogP contribution in [0.5, 0.6) is 5.75 Å². The summed E-state index contributed by atoms with van der Waals surface area (Å²) in [6.07, 6.45) is 0. The van der Waals surface area contributed by atoms with Gasteiger partial charge in [0.2, 0.25) is 0 Å². The molecular formula is C14H24N2O. The number of likely N-dealkylation sites (N-methyl/N-ethyl adjacent to an activating group) is 1. The van der Waals surface area contributed by atoms with Crippen LogP contribution in [-0.4, -0.2) is 31.1 Å². The number of rotatable bonds is 5. The standard InChI is InChI=1S/C14H24N2O/c1-6-17-12-9-7-8-11(10-12)13(15)14(2,3)16(4)5/h7-10,13H,6,15H2,1-5H3. The summed E-state index contributed by atoms with van der Waals surface area (Å²) in [5.74, 6) is 0.884. The van der Waals surface area contributed by atoms with Gasteiger partial charge in [-0.05, 0) is 52.6 Å². The molecule has 96 valence electrons. The first-order valence-corrected chi connectivity index (χ1v) is 6.05. The van der Waals surface area contributed by atoms with E-state index >= 15 is 0 Å². The van der Waals surface area contributed by atoms with Crippen LogP contribution in [0.4, 0.5) is 0 Å². The van der Waals surface area contributed by atoms with E-state index in [-0.39, 0.29) is 11.6 Å². The van der Waals surface area contributed by atoms with E-state index in [0.29, 0.717) is 6.61 Å². The maximum atomic E-state index is 6.34. The summed E-state index contributed by atoms with van der Waals surface area (Å²) in [7, 11) is 4.10. The minimum absolute atomic E-state index is 0.0436. The predicted molar refractivity (Wildman–Crippen MR) is 72.3 cm³/mol. The van der Waals surface area contributed by atoms with Crippen molar-refractivity contribution in [3.63, 3.8) is 0 Å². The molecule has 17 heavy (non-hydrogen) atoms. The van der Waals surface area contributed by atoms with Crippen LogP contribution in [0.3, 0.4) is 0 Å². The third-order valence-electron chi connectivity index (χ3n) is 3.44. The predicted octanol–water partition coefficient (Wildman–Crippen LogP) is 2.43. The van der Waals surface area contributed by atoms with Gasteiger partial charge in [0.15, 0.2) is 0 Å². The molecule has 1 rings (SSSR count). The Labute approximate surface area is 105 Å². The molecule has 0 aliphatic carbocycles. The van der Waals surface area contributed by atoms with Gasteiger partial charge in [0, 0.05) is 11.6 Å². The first kappa shape index (κ1) is 14.0. The first-order chi connectivity index (χ1) is 7.89. The Hall–Kier alpha value is -1.06. The molecule has 0 aliphatic heterocycles. The van der Waals surface area contributed by atoms with Crippen molar-refractivity contribution in [3.8, 4) is 5.75 Å². The van der Waals surface area contributed by atoms with Crippen LogP contribution >= 0.6 is 0 Å². The largest absolute Gasteiger partial charge is 0.494 e. The average molecular weight is 236 g/mol. The molecule has 0 bridgehead atoms. The molecule has 1 unspecified atom stereocenters. The van der Waals surface area contributed by atoms with Gasteiger partial charge in [-0.25, -0.2) is 0 Å². The second-order valence-electron chi connectivity index (χ2n) is 5.03. The van der Waals surface area contributed by atoms with Crippen molar-refractivity contribution in [3.05, 3.63) is 29.8 Å². The third kappa shape index (κ3) is 3.20. The quantitative estimate of drug-likeness (QED) is 0.853. The van der Waals surface area contributed by atoms with Gasteiger partial charge in [0.25, 0.3) is 0 Å². The SMILES string of the molecule is CCOc1cccc(C(N)C(C)(C)N(C)C)c1. The Morgan fingerprint density at radius 1 is 1.35 bits per heavy atom. The lowest BCUT2D eigenvalue weighted by Gasteiger charge is -2.38. The van der Waals surface area contributed by atoms with E-state index < -0.39 is 0 Å². The summed E-state index contributed by atoms with van der Waals surface area (Å²) in [5.41, 5.74) is 7.36. The van der Waals surface area contributed by atoms with E-state index in [1.807, 2.05) is 39.2 Å². The van der Waals surface area contributed by atoms with E-state index in [4.69, 9.17) is 10.5 Å². The molecule has 0 heterocycles. The highest BCUT2D eigenvalue weighted by atomic mass is 16.5. The summed E-state index contributed by atoms with van der Waals surface area (Å²) in [4.78, 5) is 2.14. The number of hydrogen-bond acceptors (Lipinski definition) is 3. The summed E-state index contributed by atoms with van der Waals surface area (Å²) >= 11 is 0. The number of nitrogens with zero attached hydrogens (tertiary/aromatic N) is 1. The molecule has 2 N–H and O–H groups in total. The molecule has 0 saturated carbocycles. The Kier molecular flexibility index (Phi) is 4.54. The van der Waals surface area contributed by atoms with E-state index in [1.165, 1.54) is 0 Å². The minimum Gasteiger partial charge on any atom is -0.494 e. The lowest BCUT2D eigenvalue weighted by Crippen LogP contribution is -2.47. The summed E-state index contributed by atoms with van der Waals surface area (Å²) in [5, 5.41) is 0. The van der Waals surface area contributed by atoms with Gasteiger partial charge >= 0.3 is 0 Å². The van der Waals surface area contributed by atoms with Crippen molar-refractivity contribution >= 4 is 0 Å². The smallest absolute Gasteiger partial charge is 0.119 e. The zero-order chi connectivity index (χ0) is 13.1. The molecule has 0 aromatic heterocycles. The lowest BCUT2D eigenvalue weighted by atomic mass is 9.88. The fourth-order valence-corrected chi connectivity index (χ4v) is 1.65. The van der Waals surface area contributed by atoms with Crippen LogP contribution in [0.25, 0.3) is 0 Å². The maximum absolute atomic E-state index is 6.34. The van der Waals surface area contributed by atoms with Crippen molar-refractivity contribution in [2.45, 2.75) is 32.4 Å². The number of hydrogen-bond donors (Lipinski definition) is 1. The highest BCUT2D eigenvalue weighted by Crippen LogP contribution is 2.29. The third-order valence-corrected chi connectivity index (χ3v) is 3.44. The normalized spacial score (nSPS) is 13.8. The molecule has 3 heteroatoms. The molecule has 1 aromatic carbocycles. The zero-order valence-corrected chi connectivity index (χ0v) is 11.5. The molecule has 3 nitrogen and oxygen atoms in total. The van der Waals surface area contributed by atoms with Crippen LogP contribution in [0, 0.1) is 0 Å². The van der Waals surface area contributed by atoms with Gasteiger partial charge in [-0.15, -0.1) is 0 Å². The Morgan fingerprint density at radius 3 is 2.53 bits per heavy atom. The van der Waals surface area contributed by atoms with E-state index in [2.05, 4.69) is 24.8 Å². The molecular weight excluding hydrogens is 212 g/mol. The fraction of sp³-hybridized carbons (Fsp3) is 0.571. The monoisotopic (exact) mass is 236 g/mol. The first-order valence-electron chi connectivity index (χ1n) is 6.05. The van der Waals surface area contributed by atoms with Crippen LogP contribution in [0.15, 0.2) is 24.3 Å². The van der Waals surface area contributed by atoms with Gasteiger partial charge < -0.3 is 15.4 Å². The number of nitrogens with two attached hydrogens (primary N) is 1. The van der Waals surface area contributed by atoms with Gasteiger partial charge in [-0.1, -0.05) is 12.1 Å². The van der Waals surface area contributed by atoms with Gasteiger partial charge in [0.1, 0.15) is 5.75 Å². The molecule has 0 amide bonds. The zero-order valence-electron chi connectivity index (χ0n) is 11.5. The highest BCUT2D eigenvalue weighted by molar-refractivity contribution is 5.32. The van der Waals surface area contributed by atoms with Gasteiger partial charge in [0.05, 0.1) is 6.61 Å². The summed E-state index contributed by atoms with van der Waals surface area (Å²) < 4.78 is 5.50. The van der Waals surface area contributed by atoms with Gasteiger partial charge in [-0.3, -0.25) is 0 Å². The van der Waals surface area contributed by atoms with Crippen molar-refractivity contribution < 1.29 is 4.74 Å². The van der Waals surface area contributed by atoms with Crippen molar-refractivity contribution in [1.29, 1.82) is 0 Å². The number of ether oxygens (including phenoxy) is 1. The molecule has 0 aliphatic rings. The average Bonchev–Trinajstić information content (AvgIpc) is 2.28. The van der Waals surface area contributed by atoms with Crippen LogP contribution in [0.1, 0.15) is 32.4 Å². The molecule has 1 atom stereocenters. The Balaban J connectivity index is 2.96. The fourth-order valence-electron chi connectivity index (χ4n) is 1.65. The van der Waals surface area contributed by atoms with Crippen LogP contribution in [0.2, 0.25) is 0 Å². The minimum atomic E-state index is -0.0924. The molecule has 1 aromatic rings. The van der Waals surface area contributed by atoms with Crippen LogP contribution in [-0.2, 0) is 0 Å². The summed E-state index contributed by atoms with van der Waals surface area (Å²) in [6, 6.07) is 7.99. The lowest BCUT2D eigenvalue weighted by molar-refractivity contribution is 0.158. The van der Waals surface area contributed by atoms with Gasteiger partial charge in [-0.2, -0.15) is 0 Å². The van der Waals surface area contributed by atoms with E-state index in [0.717, 1.165) is 11.3 Å². The van der Waals surface area contributed by atoms with Crippen molar-refractivity contribution in [2.24, 2.45) is 5.73 Å². The highest BCUT2D eigenvalue weighted by Gasteiger charge is 2.29. The number of benzene rings is 1.